The molecule has 1 aromatic heterocycles. The van der Waals surface area contributed by atoms with Crippen LogP contribution in [0, 0.1) is 0 Å². The van der Waals surface area contributed by atoms with Crippen LogP contribution in [0.4, 0.5) is 0 Å². The van der Waals surface area contributed by atoms with E-state index in [1.165, 1.54) is 24.2 Å². The third kappa shape index (κ3) is 3.01. The molecule has 0 unspecified atom stereocenters. The molecule has 1 aliphatic heterocycles. The van der Waals surface area contributed by atoms with Gasteiger partial charge in [0.15, 0.2) is 0 Å². The number of hydrogen-bond acceptors (Lipinski definition) is 4. The Balaban J connectivity index is 1.97. The van der Waals surface area contributed by atoms with Gasteiger partial charge in [0.1, 0.15) is 0 Å². The summed E-state index contributed by atoms with van der Waals surface area (Å²) in [7, 11) is 0. The summed E-state index contributed by atoms with van der Waals surface area (Å²) in [6.45, 7) is 1.64. The largest absolute Gasteiger partial charge is 0.478 e. The van der Waals surface area contributed by atoms with E-state index in [9.17, 15) is 9.59 Å². The second-order valence-electron chi connectivity index (χ2n) is 4.05. The van der Waals surface area contributed by atoms with Crippen molar-refractivity contribution in [1.82, 2.24) is 9.88 Å². The fourth-order valence-electron chi connectivity index (χ4n) is 1.87. The molecule has 2 rings (SSSR count). The summed E-state index contributed by atoms with van der Waals surface area (Å²) < 4.78 is 0. The number of carbonyl (C=O) groups excluding carboxylic acids is 1. The molecular formula is C12H14N2O3S. The first-order valence-electron chi connectivity index (χ1n) is 5.76. The number of hydrogen-bond donors (Lipinski definition) is 1. The van der Waals surface area contributed by atoms with Crippen molar-refractivity contribution in [3.05, 3.63) is 24.0 Å². The van der Waals surface area contributed by atoms with E-state index in [4.69, 9.17) is 5.11 Å². The van der Waals surface area contributed by atoms with Gasteiger partial charge in [-0.25, -0.2) is 4.79 Å². The molecular weight excluding hydrogens is 252 g/mol. The molecule has 0 aromatic carbocycles. The smallest absolute Gasteiger partial charge is 0.338 e. The van der Waals surface area contributed by atoms with Crippen LogP contribution >= 0.6 is 11.8 Å². The van der Waals surface area contributed by atoms with Gasteiger partial charge < -0.3 is 10.0 Å². The number of aromatic carboxylic acids is 1. The van der Waals surface area contributed by atoms with Crippen molar-refractivity contribution in [2.24, 2.45) is 0 Å². The molecule has 5 nitrogen and oxygen atoms in total. The zero-order valence-corrected chi connectivity index (χ0v) is 10.7. The number of rotatable bonds is 4. The van der Waals surface area contributed by atoms with Crippen LogP contribution in [0.25, 0.3) is 0 Å². The molecule has 0 radical (unpaired) electrons. The van der Waals surface area contributed by atoms with Gasteiger partial charge in [0.25, 0.3) is 0 Å². The summed E-state index contributed by atoms with van der Waals surface area (Å²) in [5.74, 6) is -0.658. The Bertz CT molecular complexity index is 458. The number of pyridine rings is 1. The molecule has 1 N–H and O–H groups in total. The van der Waals surface area contributed by atoms with Crippen LogP contribution in [0.5, 0.6) is 0 Å². The lowest BCUT2D eigenvalue weighted by Gasteiger charge is -2.14. The van der Waals surface area contributed by atoms with E-state index in [0.29, 0.717) is 4.90 Å². The maximum absolute atomic E-state index is 11.8. The number of likely N-dealkylation sites (tertiary alicyclic amines) is 1. The predicted octanol–water partition coefficient (Wildman–Crippen LogP) is 1.49. The molecule has 0 saturated carbocycles. The Morgan fingerprint density at radius 1 is 1.39 bits per heavy atom. The summed E-state index contributed by atoms with van der Waals surface area (Å²) in [6.07, 6.45) is 4.97. The highest BCUT2D eigenvalue weighted by Gasteiger charge is 2.19. The van der Waals surface area contributed by atoms with Crippen LogP contribution in [0.1, 0.15) is 23.2 Å². The fourth-order valence-corrected chi connectivity index (χ4v) is 2.78. The van der Waals surface area contributed by atoms with Gasteiger partial charge in [-0.15, -0.1) is 11.8 Å². The van der Waals surface area contributed by atoms with Gasteiger partial charge >= 0.3 is 5.97 Å². The van der Waals surface area contributed by atoms with Crippen LogP contribution in [-0.4, -0.2) is 45.7 Å². The van der Waals surface area contributed by atoms with Crippen LogP contribution in [0.3, 0.4) is 0 Å². The molecule has 96 valence electrons. The Kier molecular flexibility index (Phi) is 4.19. The molecule has 1 fully saturated rings. The second-order valence-corrected chi connectivity index (χ2v) is 5.07. The molecule has 18 heavy (non-hydrogen) atoms. The standard InChI is InChI=1S/C12H14N2O3S/c15-11(14-5-1-2-6-14)8-18-10-3-4-13-7-9(10)12(16)17/h3-4,7H,1-2,5-6,8H2,(H,16,17). The van der Waals surface area contributed by atoms with Crippen molar-refractivity contribution in [3.8, 4) is 0 Å². The van der Waals surface area contributed by atoms with Crippen molar-refractivity contribution < 1.29 is 14.7 Å². The number of thioether (sulfide) groups is 1. The molecule has 0 aliphatic carbocycles. The first kappa shape index (κ1) is 12.9. The lowest BCUT2D eigenvalue weighted by atomic mass is 10.3. The second kappa shape index (κ2) is 5.86. The van der Waals surface area contributed by atoms with Crippen LogP contribution in [-0.2, 0) is 4.79 Å². The van der Waals surface area contributed by atoms with Gasteiger partial charge in [-0.05, 0) is 18.9 Å². The van der Waals surface area contributed by atoms with Gasteiger partial charge in [0.2, 0.25) is 5.91 Å². The number of amides is 1. The number of nitrogens with zero attached hydrogens (tertiary/aromatic N) is 2. The van der Waals surface area contributed by atoms with Crippen LogP contribution in [0.15, 0.2) is 23.4 Å². The average molecular weight is 266 g/mol. The normalized spacial score (nSPS) is 14.8. The molecule has 0 spiro atoms. The zero-order chi connectivity index (χ0) is 13.0. The topological polar surface area (TPSA) is 70.5 Å². The predicted molar refractivity (Wildman–Crippen MR) is 67.7 cm³/mol. The van der Waals surface area contributed by atoms with E-state index in [2.05, 4.69) is 4.98 Å². The molecule has 6 heteroatoms. The lowest BCUT2D eigenvalue weighted by Crippen LogP contribution is -2.29. The highest BCUT2D eigenvalue weighted by Crippen LogP contribution is 2.22. The van der Waals surface area contributed by atoms with Gasteiger partial charge in [-0.1, -0.05) is 0 Å². The summed E-state index contributed by atoms with van der Waals surface area (Å²) >= 11 is 1.26. The summed E-state index contributed by atoms with van der Waals surface area (Å²) in [6, 6.07) is 1.63. The van der Waals surface area contributed by atoms with Gasteiger partial charge in [0.05, 0.1) is 11.3 Å². The molecule has 0 bridgehead atoms. The van der Waals surface area contributed by atoms with E-state index < -0.39 is 5.97 Å². The molecule has 0 atom stereocenters. The average Bonchev–Trinajstić information content (AvgIpc) is 2.90. The zero-order valence-electron chi connectivity index (χ0n) is 9.83. The highest BCUT2D eigenvalue weighted by atomic mass is 32.2. The van der Waals surface area contributed by atoms with Gasteiger partial charge in [-0.2, -0.15) is 0 Å². The minimum atomic E-state index is -1.01. The Hall–Kier alpha value is -1.56. The van der Waals surface area contributed by atoms with Gasteiger partial charge in [0, 0.05) is 30.4 Å². The third-order valence-corrected chi connectivity index (χ3v) is 3.88. The summed E-state index contributed by atoms with van der Waals surface area (Å²) in [4.78, 5) is 29.0. The van der Waals surface area contributed by atoms with E-state index in [0.717, 1.165) is 25.9 Å². The molecule has 1 saturated heterocycles. The van der Waals surface area contributed by atoms with E-state index in [1.54, 1.807) is 6.07 Å². The maximum Gasteiger partial charge on any atom is 0.338 e. The Labute approximate surface area is 109 Å². The minimum absolute atomic E-state index is 0.0747. The first-order chi connectivity index (χ1) is 8.68. The van der Waals surface area contributed by atoms with Crippen molar-refractivity contribution in [1.29, 1.82) is 0 Å². The fraction of sp³-hybridized carbons (Fsp3) is 0.417. The third-order valence-electron chi connectivity index (χ3n) is 2.82. The number of aromatic nitrogens is 1. The maximum atomic E-state index is 11.8. The monoisotopic (exact) mass is 266 g/mol. The molecule has 1 amide bonds. The summed E-state index contributed by atoms with van der Waals surface area (Å²) in [5, 5.41) is 8.99. The van der Waals surface area contributed by atoms with E-state index in [-0.39, 0.29) is 17.2 Å². The number of carboxylic acids is 1. The minimum Gasteiger partial charge on any atom is -0.478 e. The SMILES string of the molecule is O=C(O)c1cnccc1SCC(=O)N1CCCC1. The van der Waals surface area contributed by atoms with E-state index >= 15 is 0 Å². The van der Waals surface area contributed by atoms with E-state index in [1.807, 2.05) is 4.90 Å². The molecule has 1 aromatic rings. The molecule has 2 heterocycles. The summed E-state index contributed by atoms with van der Waals surface area (Å²) in [5.41, 5.74) is 0.150. The van der Waals surface area contributed by atoms with Crippen molar-refractivity contribution in [2.75, 3.05) is 18.8 Å². The number of carboxylic acid groups (broad SMARTS) is 1. The molecule has 1 aliphatic rings. The first-order valence-corrected chi connectivity index (χ1v) is 6.75. The van der Waals surface area contributed by atoms with Gasteiger partial charge in [-0.3, -0.25) is 9.78 Å². The Morgan fingerprint density at radius 3 is 2.78 bits per heavy atom. The quantitative estimate of drug-likeness (QED) is 0.836. The van der Waals surface area contributed by atoms with Crippen molar-refractivity contribution >= 4 is 23.6 Å². The lowest BCUT2D eigenvalue weighted by molar-refractivity contribution is -0.127. The highest BCUT2D eigenvalue weighted by molar-refractivity contribution is 8.00. The van der Waals surface area contributed by atoms with Crippen LogP contribution in [0.2, 0.25) is 0 Å². The van der Waals surface area contributed by atoms with Crippen molar-refractivity contribution in [2.45, 2.75) is 17.7 Å². The van der Waals surface area contributed by atoms with Crippen molar-refractivity contribution in [3.63, 3.8) is 0 Å². The van der Waals surface area contributed by atoms with Crippen LogP contribution < -0.4 is 0 Å². The Morgan fingerprint density at radius 2 is 2.11 bits per heavy atom. The number of carbonyl (C=O) groups is 2.